The number of carboxylic acids is 1. The number of aliphatic hydroxyl groups excluding tert-OH is 8. The number of Topliss-reactive ketones (excluding diaryl/α,β-unsaturated/α-hetero) is 2. The molecule has 131 heavy (non-hydrogen) atoms. The molecule has 0 radical (unpaired) electrons. The van der Waals surface area contributed by atoms with Crippen LogP contribution in [0.2, 0.25) is 20.1 Å². The standard InChI is InChI=1S/C91H101Cl4N7O29/c1-6-41(22-37(2)3)84(118)101-71-58(107)27-47(30-66(96)109)85(119)99-69-46-28-63(125-60-20-16-44(73(71)110)25-54(60)94)80(130-90-78(115)76(113)81(65(36-103)128-90)131-89-77(114)75(112)74(111)62(127-89)9-7-8-39-10-13-42(14-11-39)83(117)98-35-40-12-18-52(92)53(93)23-40)64(29-46)126-61-21-17-45(26-55(61)95)79(129-67-34-91(5,97)82(116)38(4)124-67)72-87(121)100-70(88(122)123)51-31-48(104)32-57(106)68(51)50-24-43(15-19-56(50)105)49(33-59(69)108)86(120)102-72/h10-21,23-26,28-29,31-32,37-38,41,47,49,62,65,67,69-79,81-82,89-90,103-106,110-116H,6-9,22,27,30,33-36,97H2,1-5H3,(H2,96,109)(H,98,117)(H,99,119)(H,100,121)(H,101,118)(H,102,120)(H,122,123)/t38-,41+,47-,49+,62+,65+,67?,69+,70+,71-,72-,73+,74-,75-,76+,77+,78+,79+,81+,82-,89-,90-,91-/m0/s1. The van der Waals surface area contributed by atoms with Gasteiger partial charge in [0.25, 0.3) is 5.91 Å². The number of aromatic hydroxyl groups is 3. The number of fused-ring (bicyclic) bond motifs is 15. The van der Waals surface area contributed by atoms with Crippen LogP contribution in [-0.2, 0) is 75.0 Å². The van der Waals surface area contributed by atoms with E-state index in [0.717, 1.165) is 60.2 Å². The molecule has 15 rings (SSSR count). The van der Waals surface area contributed by atoms with E-state index in [1.54, 1.807) is 49.4 Å². The van der Waals surface area contributed by atoms with Crippen LogP contribution in [0.5, 0.6) is 46.0 Å². The van der Waals surface area contributed by atoms with Gasteiger partial charge in [-0.25, -0.2) is 4.79 Å². The fourth-order valence-corrected chi connectivity index (χ4v) is 17.8. The number of nitrogens with two attached hydrogens (primary N) is 2. The van der Waals surface area contributed by atoms with Gasteiger partial charge in [-0.3, -0.25) is 38.4 Å². The van der Waals surface area contributed by atoms with Gasteiger partial charge in [-0.15, -0.1) is 0 Å². The molecule has 23 atom stereocenters. The first-order valence-corrected chi connectivity index (χ1v) is 43.8. The number of hydrogen-bond donors (Lipinski definition) is 19. The van der Waals surface area contributed by atoms with Crippen LogP contribution in [-0.4, -0.2) is 218 Å². The summed E-state index contributed by atoms with van der Waals surface area (Å²) in [6.07, 6.45) is -29.9. The molecule has 3 fully saturated rings. The predicted molar refractivity (Wildman–Crippen MR) is 465 cm³/mol. The average Bonchev–Trinajstić information content (AvgIpc) is 0.763. The highest BCUT2D eigenvalue weighted by atomic mass is 35.5. The highest BCUT2D eigenvalue weighted by Gasteiger charge is 2.53. The number of primary amides is 1. The number of halogens is 4. The van der Waals surface area contributed by atoms with Crippen molar-refractivity contribution in [1.82, 2.24) is 26.6 Å². The average molecular weight is 1900 g/mol. The van der Waals surface area contributed by atoms with E-state index in [2.05, 4.69) is 26.6 Å². The zero-order valence-corrected chi connectivity index (χ0v) is 74.1. The normalized spacial score (nSPS) is 29.0. The van der Waals surface area contributed by atoms with Crippen molar-refractivity contribution in [2.24, 2.45) is 29.2 Å². The summed E-state index contributed by atoms with van der Waals surface area (Å²) >= 11 is 26.8. The van der Waals surface area contributed by atoms with Crippen molar-refractivity contribution in [1.29, 1.82) is 0 Å². The number of rotatable bonds is 22. The minimum Gasteiger partial charge on any atom is -0.508 e. The molecule has 8 aliphatic heterocycles. The van der Waals surface area contributed by atoms with E-state index in [4.69, 9.17) is 95.8 Å². The minimum atomic E-state index is -2.36. The Hall–Kier alpha value is -10.4. The van der Waals surface area contributed by atoms with Crippen LogP contribution in [0.25, 0.3) is 11.1 Å². The van der Waals surface area contributed by atoms with Crippen molar-refractivity contribution in [3.05, 3.63) is 186 Å². The number of aliphatic hydroxyl groups is 8. The van der Waals surface area contributed by atoms with E-state index in [0.29, 0.717) is 34.0 Å². The summed E-state index contributed by atoms with van der Waals surface area (Å²) in [4.78, 5) is 134. The highest BCUT2D eigenvalue weighted by molar-refractivity contribution is 6.42. The van der Waals surface area contributed by atoms with Gasteiger partial charge >= 0.3 is 5.97 Å². The van der Waals surface area contributed by atoms with Gasteiger partial charge in [-0.05, 0) is 164 Å². The van der Waals surface area contributed by atoms with Gasteiger partial charge in [0.2, 0.25) is 41.6 Å². The highest BCUT2D eigenvalue weighted by Crippen LogP contribution is 2.51. The van der Waals surface area contributed by atoms with E-state index in [1.807, 2.05) is 13.8 Å². The van der Waals surface area contributed by atoms with Gasteiger partial charge in [0.05, 0.1) is 56.8 Å². The molecule has 40 heteroatoms. The van der Waals surface area contributed by atoms with Gasteiger partial charge in [0.1, 0.15) is 102 Å². The Morgan fingerprint density at radius 2 is 1.29 bits per heavy atom. The Morgan fingerprint density at radius 1 is 0.641 bits per heavy atom. The molecule has 3 saturated heterocycles. The third-order valence-corrected chi connectivity index (χ3v) is 25.5. The van der Waals surface area contributed by atoms with Crippen LogP contribution in [0.1, 0.15) is 165 Å². The number of phenols is 3. The SMILES string of the molecule is CC[C@H](CC(C)C)C(=O)N[C@H]1C(=O)C[C@@H](CC(N)=O)C(=O)N[C@H]2C(=O)C[C@H]3C(=O)N[C@H](C(=O)N[C@@H](C(=O)O)c4cc(O)cc(O)c4-c4cc3ccc4O)[C@H](OC3C[C@](C)(N)[C@@H](O)[C@H](C)O3)c3ccc(c(Cl)c3)Oc3cc2cc(c3O[C@@H]2O[C@H](CO)[C@@H](O[C@@H]3O[C@H](CCCc4ccc(C(=O)NCc5ccc(Cl)c(Cl)c5)cc4)[C@H](O)[C@H](O)[C@H]3O)[C@H](O)[C@H]2O)Oc2ccc(cc2Cl)[C@H]1O. The number of amides is 6. The number of ketones is 2. The molecule has 0 aliphatic carbocycles. The Balaban J connectivity index is 0.929. The van der Waals surface area contributed by atoms with E-state index in [-0.39, 0.29) is 71.5 Å². The maximum Gasteiger partial charge on any atom is 0.330 e. The number of hydrogen-bond acceptors (Lipinski definition) is 29. The number of aliphatic carboxylic acids is 1. The van der Waals surface area contributed by atoms with Gasteiger partial charge in [0, 0.05) is 72.0 Å². The topological polar surface area (TPSA) is 582 Å². The molecule has 11 bridgehead atoms. The molecule has 7 aromatic rings. The molecule has 0 saturated carbocycles. The number of carbonyl (C=O) groups excluding carboxylic acids is 8. The maximum absolute atomic E-state index is 16.6. The lowest BCUT2D eigenvalue weighted by Crippen LogP contribution is -2.64. The first-order chi connectivity index (χ1) is 62.1. The quantitative estimate of drug-likeness (QED) is 0.0339. The third-order valence-electron chi connectivity index (χ3n) is 24.1. The Kier molecular flexibility index (Phi) is 31.0. The van der Waals surface area contributed by atoms with Crippen molar-refractivity contribution < 1.29 is 142 Å². The molecule has 6 amide bonds. The summed E-state index contributed by atoms with van der Waals surface area (Å²) in [6, 6.07) is 17.0. The zero-order chi connectivity index (χ0) is 94.8. The fraction of sp³-hybridized carbons (Fsp3) is 0.440. The predicted octanol–water partition coefficient (Wildman–Crippen LogP) is 6.61. The zero-order valence-electron chi connectivity index (χ0n) is 71.1. The fourth-order valence-electron chi connectivity index (χ4n) is 17.1. The summed E-state index contributed by atoms with van der Waals surface area (Å²) in [5, 5.41) is 153. The monoisotopic (exact) mass is 1900 g/mol. The first-order valence-electron chi connectivity index (χ1n) is 42.3. The molecule has 36 nitrogen and oxygen atoms in total. The molecule has 1 unspecified atom stereocenters. The van der Waals surface area contributed by atoms with Crippen LogP contribution >= 0.6 is 46.4 Å². The molecular formula is C91H101Cl4N7O29. The number of benzene rings is 7. The third kappa shape index (κ3) is 22.1. The lowest BCUT2D eigenvalue weighted by atomic mass is 9.84. The Morgan fingerprint density at radius 3 is 1.92 bits per heavy atom. The van der Waals surface area contributed by atoms with Crippen LogP contribution < -0.4 is 52.3 Å². The molecule has 0 aromatic heterocycles. The number of ether oxygens (including phenoxy) is 8. The molecule has 7 aromatic carbocycles. The number of phenolic OH excluding ortho intramolecular Hbond substituents is 3. The Bertz CT molecular complexity index is 5480. The summed E-state index contributed by atoms with van der Waals surface area (Å²) in [5.74, 6) is -20.3. The van der Waals surface area contributed by atoms with Gasteiger partial charge < -0.3 is 137 Å². The van der Waals surface area contributed by atoms with Crippen molar-refractivity contribution in [3.8, 4) is 57.1 Å². The molecule has 21 N–H and O–H groups in total. The van der Waals surface area contributed by atoms with E-state index in [9.17, 15) is 80.5 Å². The number of carbonyl (C=O) groups is 9. The maximum atomic E-state index is 16.6. The first kappa shape index (κ1) is 98.1. The molecule has 0 spiro atoms. The summed E-state index contributed by atoms with van der Waals surface area (Å²) in [7, 11) is 0. The summed E-state index contributed by atoms with van der Waals surface area (Å²) < 4.78 is 51.5. The molecule has 702 valence electrons. The van der Waals surface area contributed by atoms with Gasteiger partial charge in [0.15, 0.2) is 41.7 Å². The van der Waals surface area contributed by atoms with Crippen molar-refractivity contribution >= 4 is 99.4 Å². The van der Waals surface area contributed by atoms with Crippen molar-refractivity contribution in [2.45, 2.75) is 227 Å². The Labute approximate surface area is 769 Å². The van der Waals surface area contributed by atoms with Crippen molar-refractivity contribution in [2.75, 3.05) is 6.61 Å². The van der Waals surface area contributed by atoms with Gasteiger partial charge in [-0.1, -0.05) is 104 Å². The van der Waals surface area contributed by atoms with Crippen LogP contribution in [0.4, 0.5) is 0 Å². The number of nitrogens with one attached hydrogen (secondary N) is 5. The van der Waals surface area contributed by atoms with Crippen LogP contribution in [0, 0.1) is 17.8 Å². The molecule has 8 aliphatic rings. The second-order valence-corrected chi connectivity index (χ2v) is 35.8. The minimum absolute atomic E-state index is 0.00874. The molecular weight excluding hydrogens is 1800 g/mol. The number of aryl methyl sites for hydroxylation is 1. The van der Waals surface area contributed by atoms with E-state index in [1.165, 1.54) is 38.1 Å². The largest absolute Gasteiger partial charge is 0.508 e. The second-order valence-electron chi connectivity index (χ2n) is 34.2. The number of carboxylic acid groups (broad SMARTS) is 1. The molecule has 8 heterocycles. The van der Waals surface area contributed by atoms with Crippen LogP contribution in [0.15, 0.2) is 121 Å². The van der Waals surface area contributed by atoms with Gasteiger partial charge in [-0.2, -0.15) is 0 Å². The summed E-state index contributed by atoms with van der Waals surface area (Å²) in [5.41, 5.74) is 10.3. The second kappa shape index (κ2) is 41.4. The van der Waals surface area contributed by atoms with E-state index < -0.39 is 280 Å². The smallest absolute Gasteiger partial charge is 0.330 e. The van der Waals surface area contributed by atoms with Crippen LogP contribution in [0.3, 0.4) is 0 Å². The van der Waals surface area contributed by atoms with E-state index >= 15 is 24.0 Å². The lowest BCUT2D eigenvalue weighted by molar-refractivity contribution is -0.351. The van der Waals surface area contributed by atoms with Crippen molar-refractivity contribution in [3.63, 3.8) is 0 Å². The lowest BCUT2D eigenvalue weighted by Gasteiger charge is -2.46. The summed E-state index contributed by atoms with van der Waals surface area (Å²) in [6.45, 7) is 7.44.